The molecule has 0 amide bonds. The van der Waals surface area contributed by atoms with E-state index in [-0.39, 0.29) is 0 Å². The third kappa shape index (κ3) is 1.68. The molecule has 0 spiro atoms. The van der Waals surface area contributed by atoms with E-state index in [1.165, 1.54) is 19.3 Å². The Morgan fingerprint density at radius 3 is 2.67 bits per heavy atom. The normalized spacial score (nSPS) is 35.3. The summed E-state index contributed by atoms with van der Waals surface area (Å²) in [6, 6.07) is 0. The molecule has 0 saturated heterocycles. The molecule has 2 atom stereocenters. The first-order valence-electron chi connectivity index (χ1n) is 3.83. The first kappa shape index (κ1) is 7.07. The van der Waals surface area contributed by atoms with Crippen LogP contribution in [0.2, 0.25) is 0 Å². The number of rotatable bonds is 2. The van der Waals surface area contributed by atoms with Crippen molar-refractivity contribution in [3.63, 3.8) is 0 Å². The Morgan fingerprint density at radius 1 is 1.44 bits per heavy atom. The number of methoxy groups -OCH3 is 1. The van der Waals surface area contributed by atoms with E-state index in [1.807, 2.05) is 0 Å². The summed E-state index contributed by atoms with van der Waals surface area (Å²) in [4.78, 5) is 0. The molecule has 0 N–H and O–H groups in total. The van der Waals surface area contributed by atoms with Crippen LogP contribution in [-0.4, -0.2) is 13.7 Å². The molecule has 54 valence electrons. The topological polar surface area (TPSA) is 9.23 Å². The molecule has 0 aromatic heterocycles. The summed E-state index contributed by atoms with van der Waals surface area (Å²) in [5, 5.41) is 0. The molecule has 0 heterocycles. The molecule has 1 aliphatic rings. The van der Waals surface area contributed by atoms with Crippen molar-refractivity contribution >= 4 is 0 Å². The van der Waals surface area contributed by atoms with Gasteiger partial charge in [-0.15, -0.1) is 0 Å². The predicted octanol–water partition coefficient (Wildman–Crippen LogP) is 2.07. The zero-order valence-electron chi connectivity index (χ0n) is 6.39. The van der Waals surface area contributed by atoms with Gasteiger partial charge in [0.2, 0.25) is 0 Å². The summed E-state index contributed by atoms with van der Waals surface area (Å²) in [5.41, 5.74) is 0. The summed E-state index contributed by atoms with van der Waals surface area (Å²) in [5.74, 6) is 1.76. The predicted molar refractivity (Wildman–Crippen MR) is 38.4 cm³/mol. The molecular weight excluding hydrogens is 112 g/mol. The summed E-state index contributed by atoms with van der Waals surface area (Å²) >= 11 is 0. The largest absolute Gasteiger partial charge is 0.384 e. The summed E-state index contributed by atoms with van der Waals surface area (Å²) in [6.45, 7) is 3.30. The molecule has 0 aromatic carbocycles. The molecule has 0 radical (unpaired) electrons. The standard InChI is InChI=1S/C8H16O/c1-7-4-3-5-8(7)6-9-2/h7-8H,3-6H2,1-2H3/t7?,8-/m1/s1. The SMILES string of the molecule is COC[C@H]1CCCC1C. The highest BCUT2D eigenvalue weighted by molar-refractivity contribution is 4.73. The van der Waals surface area contributed by atoms with Crippen molar-refractivity contribution in [1.29, 1.82) is 0 Å². The van der Waals surface area contributed by atoms with Crippen LogP contribution < -0.4 is 0 Å². The Bertz CT molecular complexity index is 80.6. The lowest BCUT2D eigenvalue weighted by Crippen LogP contribution is -2.10. The van der Waals surface area contributed by atoms with Crippen LogP contribution >= 0.6 is 0 Å². The molecule has 1 fully saturated rings. The Labute approximate surface area is 57.4 Å². The zero-order chi connectivity index (χ0) is 6.69. The van der Waals surface area contributed by atoms with E-state index >= 15 is 0 Å². The van der Waals surface area contributed by atoms with Crippen molar-refractivity contribution in [3.05, 3.63) is 0 Å². The van der Waals surface area contributed by atoms with Gasteiger partial charge < -0.3 is 4.74 Å². The van der Waals surface area contributed by atoms with Gasteiger partial charge in [-0.1, -0.05) is 19.8 Å². The third-order valence-electron chi connectivity index (χ3n) is 2.42. The molecule has 1 rings (SSSR count). The van der Waals surface area contributed by atoms with Gasteiger partial charge in [-0.3, -0.25) is 0 Å². The van der Waals surface area contributed by atoms with Crippen LogP contribution in [0.15, 0.2) is 0 Å². The highest BCUT2D eigenvalue weighted by Gasteiger charge is 2.22. The molecule has 0 aliphatic heterocycles. The van der Waals surface area contributed by atoms with Crippen molar-refractivity contribution in [2.75, 3.05) is 13.7 Å². The van der Waals surface area contributed by atoms with Gasteiger partial charge in [0.05, 0.1) is 0 Å². The fourth-order valence-electron chi connectivity index (χ4n) is 1.68. The van der Waals surface area contributed by atoms with Crippen LogP contribution in [0.5, 0.6) is 0 Å². The average molecular weight is 128 g/mol. The maximum absolute atomic E-state index is 5.10. The zero-order valence-corrected chi connectivity index (χ0v) is 6.39. The minimum atomic E-state index is 0.856. The van der Waals surface area contributed by atoms with Gasteiger partial charge in [-0.25, -0.2) is 0 Å². The molecule has 0 bridgehead atoms. The lowest BCUT2D eigenvalue weighted by atomic mass is 10.00. The van der Waals surface area contributed by atoms with E-state index in [0.717, 1.165) is 18.4 Å². The highest BCUT2D eigenvalue weighted by Crippen LogP contribution is 2.30. The maximum atomic E-state index is 5.10. The molecule has 1 heteroatoms. The number of ether oxygens (including phenoxy) is 1. The first-order valence-corrected chi connectivity index (χ1v) is 3.83. The summed E-state index contributed by atoms with van der Waals surface area (Å²) in [7, 11) is 1.80. The lowest BCUT2D eigenvalue weighted by molar-refractivity contribution is 0.137. The smallest absolute Gasteiger partial charge is 0.0493 e. The van der Waals surface area contributed by atoms with Crippen LogP contribution in [0, 0.1) is 11.8 Å². The molecule has 1 saturated carbocycles. The average Bonchev–Trinajstić information content (AvgIpc) is 2.18. The molecular formula is C8H16O. The molecule has 9 heavy (non-hydrogen) atoms. The van der Waals surface area contributed by atoms with Gasteiger partial charge in [0, 0.05) is 13.7 Å². The van der Waals surface area contributed by atoms with Crippen LogP contribution in [0.4, 0.5) is 0 Å². The minimum absolute atomic E-state index is 0.856. The quantitative estimate of drug-likeness (QED) is 0.553. The van der Waals surface area contributed by atoms with Crippen LogP contribution in [0.3, 0.4) is 0 Å². The molecule has 1 nitrogen and oxygen atoms in total. The van der Waals surface area contributed by atoms with E-state index in [2.05, 4.69) is 6.92 Å². The van der Waals surface area contributed by atoms with E-state index in [4.69, 9.17) is 4.74 Å². The van der Waals surface area contributed by atoms with Crippen molar-refractivity contribution in [3.8, 4) is 0 Å². The number of hydrogen-bond donors (Lipinski definition) is 0. The first-order chi connectivity index (χ1) is 4.34. The van der Waals surface area contributed by atoms with Gasteiger partial charge in [-0.2, -0.15) is 0 Å². The Morgan fingerprint density at radius 2 is 2.22 bits per heavy atom. The maximum Gasteiger partial charge on any atom is 0.0493 e. The molecule has 1 aliphatic carbocycles. The van der Waals surface area contributed by atoms with Gasteiger partial charge in [-0.05, 0) is 18.3 Å². The van der Waals surface area contributed by atoms with Crippen molar-refractivity contribution in [1.82, 2.24) is 0 Å². The van der Waals surface area contributed by atoms with Gasteiger partial charge in [0.25, 0.3) is 0 Å². The van der Waals surface area contributed by atoms with Crippen LogP contribution in [0.1, 0.15) is 26.2 Å². The molecule has 1 unspecified atom stereocenters. The highest BCUT2D eigenvalue weighted by atomic mass is 16.5. The second kappa shape index (κ2) is 3.21. The van der Waals surface area contributed by atoms with E-state index in [9.17, 15) is 0 Å². The second-order valence-corrected chi connectivity index (χ2v) is 3.12. The van der Waals surface area contributed by atoms with E-state index < -0.39 is 0 Å². The molecule has 0 aromatic rings. The van der Waals surface area contributed by atoms with Crippen LogP contribution in [0.25, 0.3) is 0 Å². The third-order valence-corrected chi connectivity index (χ3v) is 2.42. The second-order valence-electron chi connectivity index (χ2n) is 3.12. The van der Waals surface area contributed by atoms with Crippen molar-refractivity contribution in [2.45, 2.75) is 26.2 Å². The Kier molecular flexibility index (Phi) is 2.52. The van der Waals surface area contributed by atoms with Gasteiger partial charge in [0.1, 0.15) is 0 Å². The van der Waals surface area contributed by atoms with Gasteiger partial charge in [0.15, 0.2) is 0 Å². The fraction of sp³-hybridized carbons (Fsp3) is 1.00. The monoisotopic (exact) mass is 128 g/mol. The Hall–Kier alpha value is -0.0400. The van der Waals surface area contributed by atoms with E-state index in [1.54, 1.807) is 7.11 Å². The minimum Gasteiger partial charge on any atom is -0.384 e. The van der Waals surface area contributed by atoms with Crippen molar-refractivity contribution in [2.24, 2.45) is 11.8 Å². The van der Waals surface area contributed by atoms with Crippen LogP contribution in [-0.2, 0) is 4.74 Å². The fourth-order valence-corrected chi connectivity index (χ4v) is 1.68. The Balaban J connectivity index is 2.22. The summed E-state index contributed by atoms with van der Waals surface area (Å²) in [6.07, 6.45) is 4.21. The van der Waals surface area contributed by atoms with E-state index in [0.29, 0.717) is 0 Å². The lowest BCUT2D eigenvalue weighted by Gasteiger charge is -2.12. The van der Waals surface area contributed by atoms with Gasteiger partial charge >= 0.3 is 0 Å². The van der Waals surface area contributed by atoms with Crippen molar-refractivity contribution < 1.29 is 4.74 Å². The number of hydrogen-bond acceptors (Lipinski definition) is 1. The summed E-state index contributed by atoms with van der Waals surface area (Å²) < 4.78 is 5.10.